The summed E-state index contributed by atoms with van der Waals surface area (Å²) in [4.78, 5) is 13.1. The van der Waals surface area contributed by atoms with Crippen molar-refractivity contribution in [2.24, 2.45) is 5.92 Å². The molecular formula is C9H19NO. The van der Waals surface area contributed by atoms with Gasteiger partial charge in [-0.2, -0.15) is 0 Å². The van der Waals surface area contributed by atoms with Crippen molar-refractivity contribution < 1.29 is 4.79 Å². The van der Waals surface area contributed by atoms with Gasteiger partial charge in [0.1, 0.15) is 5.78 Å². The van der Waals surface area contributed by atoms with Gasteiger partial charge >= 0.3 is 0 Å². The summed E-state index contributed by atoms with van der Waals surface area (Å²) in [6, 6.07) is 0. The number of hydrogen-bond acceptors (Lipinski definition) is 2. The molecule has 2 heteroatoms. The highest BCUT2D eigenvalue weighted by Crippen LogP contribution is 2.14. The van der Waals surface area contributed by atoms with Crippen LogP contribution >= 0.6 is 0 Å². The molecule has 0 aliphatic carbocycles. The molecule has 0 unspecified atom stereocenters. The third kappa shape index (κ3) is 3.02. The minimum atomic E-state index is 0.361. The average Bonchev–Trinajstić information content (AvgIpc) is 2.01. The van der Waals surface area contributed by atoms with Crippen LogP contribution in [0.25, 0.3) is 0 Å². The first-order chi connectivity index (χ1) is 5.24. The second-order valence-electron chi connectivity index (χ2n) is 2.74. The predicted octanol–water partition coefficient (Wildman–Crippen LogP) is 1.55. The summed E-state index contributed by atoms with van der Waals surface area (Å²) in [7, 11) is 2.04. The summed E-state index contributed by atoms with van der Waals surface area (Å²) in [5, 5.41) is 0. The maximum atomic E-state index is 10.9. The lowest BCUT2D eigenvalue weighted by Gasteiger charge is -2.34. The van der Waals surface area contributed by atoms with Crippen LogP contribution < -0.4 is 0 Å². The van der Waals surface area contributed by atoms with Gasteiger partial charge in [0.25, 0.3) is 0 Å². The molecule has 2 nitrogen and oxygen atoms in total. The van der Waals surface area contributed by atoms with E-state index in [0.717, 1.165) is 13.1 Å². The lowest BCUT2D eigenvalue weighted by Crippen LogP contribution is -2.47. The Morgan fingerprint density at radius 3 is 2.18 bits per heavy atom. The number of likely N-dealkylation sites (tertiary alicyclic amines) is 1. The van der Waals surface area contributed by atoms with Gasteiger partial charge in [-0.1, -0.05) is 20.8 Å². The molecular weight excluding hydrogens is 138 g/mol. The van der Waals surface area contributed by atoms with Gasteiger partial charge in [-0.3, -0.25) is 4.79 Å². The molecule has 1 aliphatic rings. The van der Waals surface area contributed by atoms with E-state index < -0.39 is 0 Å². The Morgan fingerprint density at radius 1 is 1.45 bits per heavy atom. The molecule has 0 spiro atoms. The van der Waals surface area contributed by atoms with E-state index in [9.17, 15) is 4.79 Å². The molecule has 0 N–H and O–H groups in total. The summed E-state index contributed by atoms with van der Waals surface area (Å²) < 4.78 is 0. The minimum absolute atomic E-state index is 0.361. The Balaban J connectivity index is 0.000000461. The third-order valence-electron chi connectivity index (χ3n) is 1.87. The molecule has 66 valence electrons. The van der Waals surface area contributed by atoms with Crippen LogP contribution in [-0.4, -0.2) is 30.8 Å². The van der Waals surface area contributed by atoms with Crippen LogP contribution in [0.3, 0.4) is 0 Å². The van der Waals surface area contributed by atoms with E-state index in [4.69, 9.17) is 0 Å². The van der Waals surface area contributed by atoms with E-state index in [1.165, 1.54) is 0 Å². The number of Topliss-reactive ketones (excluding diaryl/α,β-unsaturated/α-hetero) is 1. The van der Waals surface area contributed by atoms with Crippen LogP contribution in [0.4, 0.5) is 0 Å². The number of rotatable bonds is 2. The summed E-state index contributed by atoms with van der Waals surface area (Å²) in [6.07, 6.45) is 0.707. The fourth-order valence-electron chi connectivity index (χ4n) is 1.19. The van der Waals surface area contributed by atoms with E-state index in [1.54, 1.807) is 0 Å². The molecule has 0 bridgehead atoms. The Hall–Kier alpha value is -0.370. The first-order valence-corrected chi connectivity index (χ1v) is 4.45. The van der Waals surface area contributed by atoms with E-state index in [-0.39, 0.29) is 0 Å². The van der Waals surface area contributed by atoms with Gasteiger partial charge in [0.15, 0.2) is 0 Å². The highest BCUT2D eigenvalue weighted by atomic mass is 16.1. The van der Waals surface area contributed by atoms with Crippen molar-refractivity contribution in [1.29, 1.82) is 0 Å². The first kappa shape index (κ1) is 10.6. The number of nitrogens with zero attached hydrogens (tertiary/aromatic N) is 1. The standard InChI is InChI=1S/C7H13NO.C2H6/c1-3-7(9)6-4-8(2)5-6;1-2/h6H,3-5H2,1-2H3;1-2H3. The Labute approximate surface area is 69.6 Å². The number of hydrogen-bond donors (Lipinski definition) is 0. The van der Waals surface area contributed by atoms with Crippen molar-refractivity contribution in [3.05, 3.63) is 0 Å². The second kappa shape index (κ2) is 5.30. The van der Waals surface area contributed by atoms with Crippen molar-refractivity contribution in [3.8, 4) is 0 Å². The van der Waals surface area contributed by atoms with Crippen LogP contribution in [0.1, 0.15) is 27.2 Å². The predicted molar refractivity (Wildman–Crippen MR) is 47.6 cm³/mol. The van der Waals surface area contributed by atoms with Crippen LogP contribution in [0.15, 0.2) is 0 Å². The molecule has 1 heterocycles. The molecule has 1 fully saturated rings. The highest BCUT2D eigenvalue weighted by Gasteiger charge is 2.27. The number of ketones is 1. The van der Waals surface area contributed by atoms with E-state index in [1.807, 2.05) is 27.8 Å². The van der Waals surface area contributed by atoms with Crippen LogP contribution in [0.5, 0.6) is 0 Å². The van der Waals surface area contributed by atoms with Gasteiger partial charge < -0.3 is 4.90 Å². The molecule has 0 aromatic heterocycles. The van der Waals surface area contributed by atoms with E-state index in [2.05, 4.69) is 4.90 Å². The van der Waals surface area contributed by atoms with Gasteiger partial charge in [0.05, 0.1) is 0 Å². The van der Waals surface area contributed by atoms with Crippen molar-refractivity contribution in [2.75, 3.05) is 20.1 Å². The SMILES string of the molecule is CC.CCC(=O)C1CN(C)C1. The lowest BCUT2D eigenvalue weighted by molar-refractivity contribution is -0.127. The summed E-state index contributed by atoms with van der Waals surface area (Å²) in [5.74, 6) is 0.785. The second-order valence-corrected chi connectivity index (χ2v) is 2.74. The van der Waals surface area contributed by atoms with Gasteiger partial charge in [0, 0.05) is 25.4 Å². The van der Waals surface area contributed by atoms with Crippen LogP contribution in [0, 0.1) is 5.92 Å². The first-order valence-electron chi connectivity index (χ1n) is 4.45. The maximum absolute atomic E-state index is 10.9. The normalized spacial score (nSPS) is 18.2. The Morgan fingerprint density at radius 2 is 1.91 bits per heavy atom. The summed E-state index contributed by atoms with van der Waals surface area (Å²) in [5.41, 5.74) is 0. The zero-order chi connectivity index (χ0) is 8.85. The fourth-order valence-corrected chi connectivity index (χ4v) is 1.19. The monoisotopic (exact) mass is 157 g/mol. The molecule has 0 atom stereocenters. The van der Waals surface area contributed by atoms with Crippen molar-refractivity contribution in [2.45, 2.75) is 27.2 Å². The third-order valence-corrected chi connectivity index (χ3v) is 1.87. The van der Waals surface area contributed by atoms with Crippen LogP contribution in [0.2, 0.25) is 0 Å². The molecule has 11 heavy (non-hydrogen) atoms. The average molecular weight is 157 g/mol. The molecule has 1 saturated heterocycles. The van der Waals surface area contributed by atoms with Gasteiger partial charge in [-0.05, 0) is 7.05 Å². The number of carbonyl (C=O) groups is 1. The quantitative estimate of drug-likeness (QED) is 0.606. The fraction of sp³-hybridized carbons (Fsp3) is 0.889. The lowest BCUT2D eigenvalue weighted by atomic mass is 9.95. The minimum Gasteiger partial charge on any atom is -0.305 e. The smallest absolute Gasteiger partial charge is 0.138 e. The van der Waals surface area contributed by atoms with E-state index >= 15 is 0 Å². The number of carbonyl (C=O) groups excluding carboxylic acids is 1. The maximum Gasteiger partial charge on any atom is 0.138 e. The molecule has 0 radical (unpaired) electrons. The van der Waals surface area contributed by atoms with Gasteiger partial charge in [-0.15, -0.1) is 0 Å². The molecule has 0 aromatic rings. The molecule has 1 aliphatic heterocycles. The largest absolute Gasteiger partial charge is 0.305 e. The molecule has 1 rings (SSSR count). The van der Waals surface area contributed by atoms with Crippen molar-refractivity contribution in [1.82, 2.24) is 4.90 Å². The zero-order valence-corrected chi connectivity index (χ0v) is 8.05. The summed E-state index contributed by atoms with van der Waals surface area (Å²) in [6.45, 7) is 7.89. The van der Waals surface area contributed by atoms with E-state index in [0.29, 0.717) is 18.1 Å². The molecule has 0 aromatic carbocycles. The van der Waals surface area contributed by atoms with Crippen LogP contribution in [-0.2, 0) is 4.79 Å². The topological polar surface area (TPSA) is 20.3 Å². The van der Waals surface area contributed by atoms with Crippen molar-refractivity contribution >= 4 is 5.78 Å². The van der Waals surface area contributed by atoms with Gasteiger partial charge in [-0.25, -0.2) is 0 Å². The molecule has 0 amide bonds. The van der Waals surface area contributed by atoms with Gasteiger partial charge in [0.2, 0.25) is 0 Å². The summed E-state index contributed by atoms with van der Waals surface area (Å²) >= 11 is 0. The molecule has 0 saturated carbocycles. The Kier molecular flexibility index (Phi) is 5.12. The highest BCUT2D eigenvalue weighted by molar-refractivity contribution is 5.81. The zero-order valence-electron chi connectivity index (χ0n) is 8.05. The Bertz CT molecular complexity index is 117. The van der Waals surface area contributed by atoms with Crippen molar-refractivity contribution in [3.63, 3.8) is 0 Å².